The molecule has 1 aliphatic heterocycles. The van der Waals surface area contributed by atoms with E-state index in [4.69, 9.17) is 10.5 Å². The SMILES string of the molecule is CCC1(C)CC(CN)(N(C)CC2(N(C)C)CCC2)CCO1. The zero-order chi connectivity index (χ0) is 15.7. The Labute approximate surface area is 131 Å². The Morgan fingerprint density at radius 1 is 1.10 bits per heavy atom. The predicted octanol–water partition coefficient (Wildman–Crippen LogP) is 2.08. The van der Waals surface area contributed by atoms with Crippen LogP contribution < -0.4 is 5.73 Å². The zero-order valence-electron chi connectivity index (χ0n) is 14.7. The first-order chi connectivity index (χ1) is 9.81. The minimum atomic E-state index is -0.0171. The van der Waals surface area contributed by atoms with Crippen LogP contribution in [0.3, 0.4) is 0 Å². The van der Waals surface area contributed by atoms with E-state index in [1.54, 1.807) is 0 Å². The Bertz CT molecular complexity index is 356. The van der Waals surface area contributed by atoms with Gasteiger partial charge in [-0.3, -0.25) is 4.90 Å². The quantitative estimate of drug-likeness (QED) is 0.815. The lowest BCUT2D eigenvalue weighted by Gasteiger charge is -2.56. The molecule has 4 heteroatoms. The highest BCUT2D eigenvalue weighted by atomic mass is 16.5. The Kier molecular flexibility index (Phi) is 5.04. The molecule has 124 valence electrons. The van der Waals surface area contributed by atoms with Crippen molar-refractivity contribution in [2.24, 2.45) is 5.73 Å². The van der Waals surface area contributed by atoms with Crippen LogP contribution in [0, 0.1) is 0 Å². The van der Waals surface area contributed by atoms with Crippen LogP contribution in [-0.2, 0) is 4.74 Å². The van der Waals surface area contributed by atoms with Gasteiger partial charge < -0.3 is 15.4 Å². The Balaban J connectivity index is 2.12. The molecule has 2 fully saturated rings. The first-order valence-corrected chi connectivity index (χ1v) is 8.54. The highest BCUT2D eigenvalue weighted by Crippen LogP contribution is 2.41. The molecule has 1 saturated heterocycles. The zero-order valence-corrected chi connectivity index (χ0v) is 14.7. The largest absolute Gasteiger partial charge is 0.375 e. The van der Waals surface area contributed by atoms with E-state index in [9.17, 15) is 0 Å². The minimum Gasteiger partial charge on any atom is -0.375 e. The van der Waals surface area contributed by atoms with Gasteiger partial charge in [0.25, 0.3) is 0 Å². The number of hydrogen-bond acceptors (Lipinski definition) is 4. The molecule has 0 bridgehead atoms. The van der Waals surface area contributed by atoms with Crippen molar-refractivity contribution in [2.75, 3.05) is 40.8 Å². The van der Waals surface area contributed by atoms with Gasteiger partial charge in [0, 0.05) is 30.8 Å². The normalized spacial score (nSPS) is 36.0. The third-order valence-corrected chi connectivity index (χ3v) is 6.42. The predicted molar refractivity (Wildman–Crippen MR) is 88.6 cm³/mol. The average Bonchev–Trinajstić information content (AvgIpc) is 2.42. The highest BCUT2D eigenvalue weighted by molar-refractivity contribution is 5.05. The molecular formula is C17H35N3O. The standard InChI is InChI=1S/C17H35N3O/c1-6-15(2)12-17(13-18,10-11-21-15)20(5)14-16(19(3)4)8-7-9-16/h6-14,18H2,1-5H3. The molecule has 1 heterocycles. The summed E-state index contributed by atoms with van der Waals surface area (Å²) >= 11 is 0. The molecule has 2 rings (SSSR count). The topological polar surface area (TPSA) is 41.7 Å². The number of nitrogens with two attached hydrogens (primary N) is 1. The van der Waals surface area contributed by atoms with Gasteiger partial charge in [0.05, 0.1) is 5.60 Å². The van der Waals surface area contributed by atoms with Crippen molar-refractivity contribution in [3.63, 3.8) is 0 Å². The third kappa shape index (κ3) is 3.14. The van der Waals surface area contributed by atoms with Crippen LogP contribution in [0.2, 0.25) is 0 Å². The van der Waals surface area contributed by atoms with Gasteiger partial charge in [-0.05, 0) is 66.6 Å². The van der Waals surface area contributed by atoms with E-state index >= 15 is 0 Å². The van der Waals surface area contributed by atoms with E-state index in [2.05, 4.69) is 44.8 Å². The van der Waals surface area contributed by atoms with E-state index in [0.717, 1.165) is 39.0 Å². The summed E-state index contributed by atoms with van der Waals surface area (Å²) in [4.78, 5) is 4.98. The van der Waals surface area contributed by atoms with Crippen molar-refractivity contribution in [3.05, 3.63) is 0 Å². The smallest absolute Gasteiger partial charge is 0.0670 e. The maximum atomic E-state index is 6.26. The minimum absolute atomic E-state index is 0.0171. The second-order valence-corrected chi connectivity index (χ2v) is 7.84. The highest BCUT2D eigenvalue weighted by Gasteiger charge is 2.48. The van der Waals surface area contributed by atoms with Crippen molar-refractivity contribution in [1.82, 2.24) is 9.80 Å². The van der Waals surface area contributed by atoms with Crippen LogP contribution in [0.5, 0.6) is 0 Å². The summed E-state index contributed by atoms with van der Waals surface area (Å²) in [6.45, 7) is 7.15. The fourth-order valence-electron chi connectivity index (χ4n) is 4.15. The summed E-state index contributed by atoms with van der Waals surface area (Å²) in [6.07, 6.45) is 7.14. The molecule has 0 aromatic rings. The molecule has 2 aliphatic rings. The summed E-state index contributed by atoms with van der Waals surface area (Å²) in [7, 11) is 6.72. The summed E-state index contributed by atoms with van der Waals surface area (Å²) in [5, 5.41) is 0. The van der Waals surface area contributed by atoms with Crippen molar-refractivity contribution in [3.8, 4) is 0 Å². The maximum absolute atomic E-state index is 6.26. The van der Waals surface area contributed by atoms with Crippen molar-refractivity contribution >= 4 is 0 Å². The number of rotatable bonds is 6. The van der Waals surface area contributed by atoms with Gasteiger partial charge in [0.1, 0.15) is 0 Å². The summed E-state index contributed by atoms with van der Waals surface area (Å²) in [6, 6.07) is 0. The summed E-state index contributed by atoms with van der Waals surface area (Å²) < 4.78 is 6.05. The first kappa shape index (κ1) is 17.2. The van der Waals surface area contributed by atoms with Gasteiger partial charge in [-0.15, -0.1) is 0 Å². The first-order valence-electron chi connectivity index (χ1n) is 8.54. The molecule has 2 atom stereocenters. The Morgan fingerprint density at radius 3 is 2.19 bits per heavy atom. The maximum Gasteiger partial charge on any atom is 0.0670 e. The molecule has 2 N–H and O–H groups in total. The second-order valence-electron chi connectivity index (χ2n) is 7.84. The Hall–Kier alpha value is -0.160. The van der Waals surface area contributed by atoms with E-state index in [1.807, 2.05) is 0 Å². The van der Waals surface area contributed by atoms with Crippen molar-refractivity contribution in [2.45, 2.75) is 69.1 Å². The second kappa shape index (κ2) is 6.15. The fraction of sp³-hybridized carbons (Fsp3) is 1.00. The van der Waals surface area contributed by atoms with E-state index in [0.29, 0.717) is 5.54 Å². The van der Waals surface area contributed by atoms with Gasteiger partial charge in [0.2, 0.25) is 0 Å². The molecule has 0 amide bonds. The van der Waals surface area contributed by atoms with Gasteiger partial charge in [0.15, 0.2) is 0 Å². The average molecular weight is 297 g/mol. The molecule has 0 spiro atoms. The molecule has 1 aliphatic carbocycles. The van der Waals surface area contributed by atoms with Gasteiger partial charge >= 0.3 is 0 Å². The molecule has 0 aromatic carbocycles. The van der Waals surface area contributed by atoms with Gasteiger partial charge in [-0.25, -0.2) is 0 Å². The molecule has 1 saturated carbocycles. The van der Waals surface area contributed by atoms with Crippen LogP contribution in [0.4, 0.5) is 0 Å². The molecular weight excluding hydrogens is 262 g/mol. The number of hydrogen-bond donors (Lipinski definition) is 1. The van der Waals surface area contributed by atoms with Crippen molar-refractivity contribution < 1.29 is 4.74 Å². The molecule has 2 unspecified atom stereocenters. The molecule has 21 heavy (non-hydrogen) atoms. The van der Waals surface area contributed by atoms with Crippen LogP contribution in [0.15, 0.2) is 0 Å². The lowest BCUT2D eigenvalue weighted by Crippen LogP contribution is -2.65. The Morgan fingerprint density at radius 2 is 1.76 bits per heavy atom. The van der Waals surface area contributed by atoms with Gasteiger partial charge in [-0.1, -0.05) is 6.92 Å². The van der Waals surface area contributed by atoms with E-state index < -0.39 is 0 Å². The lowest BCUT2D eigenvalue weighted by molar-refractivity contribution is -0.133. The van der Waals surface area contributed by atoms with E-state index in [-0.39, 0.29) is 11.1 Å². The van der Waals surface area contributed by atoms with Crippen LogP contribution in [0.1, 0.15) is 52.4 Å². The van der Waals surface area contributed by atoms with E-state index in [1.165, 1.54) is 19.3 Å². The third-order valence-electron chi connectivity index (χ3n) is 6.42. The lowest BCUT2D eigenvalue weighted by atomic mass is 9.72. The van der Waals surface area contributed by atoms with Crippen molar-refractivity contribution in [1.29, 1.82) is 0 Å². The number of nitrogens with zero attached hydrogens (tertiary/aromatic N) is 2. The fourth-order valence-corrected chi connectivity index (χ4v) is 4.15. The van der Waals surface area contributed by atoms with Gasteiger partial charge in [-0.2, -0.15) is 0 Å². The summed E-state index contributed by atoms with van der Waals surface area (Å²) in [5.74, 6) is 0. The molecule has 0 radical (unpaired) electrons. The molecule has 4 nitrogen and oxygen atoms in total. The monoisotopic (exact) mass is 297 g/mol. The molecule has 0 aromatic heterocycles. The summed E-state index contributed by atoms with van der Waals surface area (Å²) in [5.41, 5.74) is 6.70. The van der Waals surface area contributed by atoms with Crippen LogP contribution in [-0.4, -0.2) is 67.3 Å². The van der Waals surface area contributed by atoms with Crippen LogP contribution in [0.25, 0.3) is 0 Å². The van der Waals surface area contributed by atoms with Crippen LogP contribution >= 0.6 is 0 Å². The number of ether oxygens (including phenoxy) is 1. The number of likely N-dealkylation sites (N-methyl/N-ethyl adjacent to an activating group) is 2.